The molecular formula is C10H15FN2O. The first-order valence-corrected chi connectivity index (χ1v) is 4.51. The van der Waals surface area contributed by atoms with Gasteiger partial charge in [-0.3, -0.25) is 0 Å². The van der Waals surface area contributed by atoms with E-state index in [1.165, 1.54) is 0 Å². The molecule has 0 amide bonds. The molecule has 14 heavy (non-hydrogen) atoms. The Morgan fingerprint density at radius 1 is 1.50 bits per heavy atom. The van der Waals surface area contributed by atoms with E-state index in [0.29, 0.717) is 24.1 Å². The van der Waals surface area contributed by atoms with E-state index < -0.39 is 11.9 Å². The van der Waals surface area contributed by atoms with E-state index in [1.54, 1.807) is 19.1 Å². The average Bonchev–Trinajstić information content (AvgIpc) is 2.15. The lowest BCUT2D eigenvalue weighted by atomic mass is 10.0. The van der Waals surface area contributed by atoms with Crippen LogP contribution in [0.1, 0.15) is 23.6 Å². The Balaban J connectivity index is 3.04. The Morgan fingerprint density at radius 3 is 2.71 bits per heavy atom. The summed E-state index contributed by atoms with van der Waals surface area (Å²) in [5, 5.41) is 9.48. The fourth-order valence-electron chi connectivity index (χ4n) is 1.31. The zero-order valence-corrected chi connectivity index (χ0v) is 8.13. The van der Waals surface area contributed by atoms with Crippen molar-refractivity contribution in [2.24, 2.45) is 11.5 Å². The number of phenolic OH excluding ortho intramolecular Hbond substituents is 1. The Labute approximate surface area is 82.5 Å². The van der Waals surface area contributed by atoms with Crippen molar-refractivity contribution in [3.8, 4) is 5.75 Å². The van der Waals surface area contributed by atoms with E-state index in [4.69, 9.17) is 11.5 Å². The van der Waals surface area contributed by atoms with Crippen LogP contribution < -0.4 is 11.5 Å². The molecule has 1 aromatic carbocycles. The first-order chi connectivity index (χ1) is 6.57. The lowest BCUT2D eigenvalue weighted by Crippen LogP contribution is -2.15. The number of aromatic hydroxyl groups is 1. The van der Waals surface area contributed by atoms with Crippen LogP contribution in [0.5, 0.6) is 5.75 Å². The summed E-state index contributed by atoms with van der Waals surface area (Å²) in [5.74, 6) is -0.957. The summed E-state index contributed by atoms with van der Waals surface area (Å²) in [6, 6.07) is 2.82. The van der Waals surface area contributed by atoms with Gasteiger partial charge in [0.15, 0.2) is 11.6 Å². The number of phenols is 1. The van der Waals surface area contributed by atoms with Crippen molar-refractivity contribution in [1.29, 1.82) is 0 Å². The summed E-state index contributed by atoms with van der Waals surface area (Å²) < 4.78 is 13.3. The van der Waals surface area contributed by atoms with Crippen molar-refractivity contribution in [2.45, 2.75) is 19.4 Å². The Bertz CT molecular complexity index is 328. The molecule has 3 nitrogen and oxygen atoms in total. The molecule has 0 aliphatic heterocycles. The average molecular weight is 198 g/mol. The summed E-state index contributed by atoms with van der Waals surface area (Å²) in [5.41, 5.74) is 11.9. The lowest BCUT2D eigenvalue weighted by Gasteiger charge is -2.13. The van der Waals surface area contributed by atoms with Crippen molar-refractivity contribution in [3.63, 3.8) is 0 Å². The fourth-order valence-corrected chi connectivity index (χ4v) is 1.31. The van der Waals surface area contributed by atoms with Crippen LogP contribution in [0.2, 0.25) is 0 Å². The maximum Gasteiger partial charge on any atom is 0.168 e. The molecule has 0 aliphatic carbocycles. The van der Waals surface area contributed by atoms with Gasteiger partial charge in [-0.25, -0.2) is 4.39 Å². The second-order valence-electron chi connectivity index (χ2n) is 3.32. The van der Waals surface area contributed by atoms with E-state index >= 15 is 0 Å². The van der Waals surface area contributed by atoms with Crippen molar-refractivity contribution in [3.05, 3.63) is 29.1 Å². The largest absolute Gasteiger partial charge is 0.505 e. The van der Waals surface area contributed by atoms with Crippen molar-refractivity contribution < 1.29 is 9.50 Å². The molecule has 78 valence electrons. The van der Waals surface area contributed by atoms with E-state index in [1.807, 2.05) is 0 Å². The van der Waals surface area contributed by atoms with Crippen molar-refractivity contribution in [1.82, 2.24) is 0 Å². The number of benzene rings is 1. The van der Waals surface area contributed by atoms with Crippen LogP contribution in [0.4, 0.5) is 4.39 Å². The normalized spacial score (nSPS) is 12.9. The molecule has 0 saturated carbocycles. The number of hydrogen-bond acceptors (Lipinski definition) is 3. The zero-order valence-electron chi connectivity index (χ0n) is 8.13. The number of aryl methyl sites for hydroxylation is 1. The molecule has 0 aliphatic rings. The highest BCUT2D eigenvalue weighted by Gasteiger charge is 2.14. The minimum Gasteiger partial charge on any atom is -0.505 e. The summed E-state index contributed by atoms with van der Waals surface area (Å²) >= 11 is 0. The molecule has 0 unspecified atom stereocenters. The standard InChI is InChI=1S/C10H15FN2O/c1-6-2-3-7(8(13)4-5-12)10(14)9(6)11/h2-3,8,14H,4-5,12-13H2,1H3/t8-/m0/s1. The van der Waals surface area contributed by atoms with Gasteiger partial charge < -0.3 is 16.6 Å². The van der Waals surface area contributed by atoms with Crippen LogP contribution in [-0.4, -0.2) is 11.7 Å². The second-order valence-corrected chi connectivity index (χ2v) is 3.32. The lowest BCUT2D eigenvalue weighted by molar-refractivity contribution is 0.417. The smallest absolute Gasteiger partial charge is 0.168 e. The van der Waals surface area contributed by atoms with Crippen molar-refractivity contribution >= 4 is 0 Å². The van der Waals surface area contributed by atoms with Gasteiger partial charge in [0.1, 0.15) is 0 Å². The molecule has 5 N–H and O–H groups in total. The molecular weight excluding hydrogens is 183 g/mol. The molecule has 0 saturated heterocycles. The van der Waals surface area contributed by atoms with Gasteiger partial charge in [-0.1, -0.05) is 12.1 Å². The summed E-state index contributed by atoms with van der Waals surface area (Å²) in [6.45, 7) is 2.00. The van der Waals surface area contributed by atoms with Gasteiger partial charge in [-0.2, -0.15) is 0 Å². The monoisotopic (exact) mass is 198 g/mol. The quantitative estimate of drug-likeness (QED) is 0.683. The van der Waals surface area contributed by atoms with Gasteiger partial charge in [-0.05, 0) is 25.5 Å². The summed E-state index contributed by atoms with van der Waals surface area (Å²) in [6.07, 6.45) is 0.524. The third kappa shape index (κ3) is 2.02. The van der Waals surface area contributed by atoms with Crippen LogP contribution in [0.15, 0.2) is 12.1 Å². The fraction of sp³-hybridized carbons (Fsp3) is 0.400. The molecule has 1 rings (SSSR count). The van der Waals surface area contributed by atoms with E-state index in [2.05, 4.69) is 0 Å². The number of rotatable bonds is 3. The maximum atomic E-state index is 13.3. The molecule has 4 heteroatoms. The van der Waals surface area contributed by atoms with Crippen molar-refractivity contribution in [2.75, 3.05) is 6.54 Å². The molecule has 1 aromatic rings. The molecule has 0 bridgehead atoms. The van der Waals surface area contributed by atoms with Crippen LogP contribution in [-0.2, 0) is 0 Å². The van der Waals surface area contributed by atoms with Crippen LogP contribution in [0, 0.1) is 12.7 Å². The van der Waals surface area contributed by atoms with Gasteiger partial charge in [0, 0.05) is 11.6 Å². The third-order valence-electron chi connectivity index (χ3n) is 2.22. The predicted octanol–water partition coefficient (Wildman–Crippen LogP) is 1.19. The van der Waals surface area contributed by atoms with Crippen LogP contribution >= 0.6 is 0 Å². The van der Waals surface area contributed by atoms with Gasteiger partial charge in [0.25, 0.3) is 0 Å². The highest BCUT2D eigenvalue weighted by atomic mass is 19.1. The Morgan fingerprint density at radius 2 is 2.14 bits per heavy atom. The van der Waals surface area contributed by atoms with Crippen LogP contribution in [0.25, 0.3) is 0 Å². The molecule has 0 aromatic heterocycles. The first-order valence-electron chi connectivity index (χ1n) is 4.51. The number of halogens is 1. The predicted molar refractivity (Wildman–Crippen MR) is 53.4 cm³/mol. The first kappa shape index (κ1) is 10.9. The van der Waals surface area contributed by atoms with E-state index in [-0.39, 0.29) is 5.75 Å². The zero-order chi connectivity index (χ0) is 10.7. The molecule has 1 atom stereocenters. The SMILES string of the molecule is Cc1ccc([C@@H](N)CCN)c(O)c1F. The minimum absolute atomic E-state index is 0.356. The second kappa shape index (κ2) is 4.39. The highest BCUT2D eigenvalue weighted by molar-refractivity contribution is 5.39. The summed E-state index contributed by atoms with van der Waals surface area (Å²) in [4.78, 5) is 0. The highest BCUT2D eigenvalue weighted by Crippen LogP contribution is 2.28. The maximum absolute atomic E-state index is 13.3. The van der Waals surface area contributed by atoms with Crippen LogP contribution in [0.3, 0.4) is 0 Å². The number of hydrogen-bond donors (Lipinski definition) is 3. The number of nitrogens with two attached hydrogens (primary N) is 2. The Kier molecular flexibility index (Phi) is 3.43. The molecule has 0 radical (unpaired) electrons. The van der Waals surface area contributed by atoms with Gasteiger partial charge in [-0.15, -0.1) is 0 Å². The molecule has 0 spiro atoms. The minimum atomic E-state index is -0.602. The molecule has 0 fully saturated rings. The third-order valence-corrected chi connectivity index (χ3v) is 2.22. The van der Waals surface area contributed by atoms with Gasteiger partial charge in [0.05, 0.1) is 0 Å². The van der Waals surface area contributed by atoms with E-state index in [9.17, 15) is 9.50 Å². The molecule has 0 heterocycles. The topological polar surface area (TPSA) is 72.3 Å². The Hall–Kier alpha value is -1.13. The summed E-state index contributed by atoms with van der Waals surface area (Å²) in [7, 11) is 0. The van der Waals surface area contributed by atoms with Gasteiger partial charge in [0.2, 0.25) is 0 Å². The van der Waals surface area contributed by atoms with E-state index in [0.717, 1.165) is 0 Å². The van der Waals surface area contributed by atoms with Gasteiger partial charge >= 0.3 is 0 Å².